The number of hydrogen-bond acceptors (Lipinski definition) is 4. The number of morpholine rings is 1. The van der Waals surface area contributed by atoms with Gasteiger partial charge in [0.2, 0.25) is 10.0 Å². The lowest BCUT2D eigenvalue weighted by molar-refractivity contribution is -0.0440. The lowest BCUT2D eigenvalue weighted by atomic mass is 10.2. The zero-order valence-electron chi connectivity index (χ0n) is 12.4. The molecule has 1 fully saturated rings. The third-order valence-corrected chi connectivity index (χ3v) is 5.54. The largest absolute Gasteiger partial charge is 0.496 e. The summed E-state index contributed by atoms with van der Waals surface area (Å²) in [4.78, 5) is 0.236. The quantitative estimate of drug-likeness (QED) is 0.793. The molecular weight excluding hydrogens is 314 g/mol. The Balaban J connectivity index is 2.35. The standard InChI is InChI=1S/C14H20ClNO4S/c1-10-8-16(9-11(2)20-10)21(17,18)13-4-5-14(19-3)12(6-13)7-15/h4-6,10-11H,7-9H2,1-3H3/t10-,11+. The molecule has 1 aliphatic rings. The molecule has 0 aromatic heterocycles. The van der Waals surface area contributed by atoms with Crippen molar-refractivity contribution in [3.63, 3.8) is 0 Å². The highest BCUT2D eigenvalue weighted by atomic mass is 35.5. The second-order valence-corrected chi connectivity index (χ2v) is 7.39. The zero-order valence-corrected chi connectivity index (χ0v) is 13.9. The second kappa shape index (κ2) is 6.52. The molecule has 0 N–H and O–H groups in total. The first-order valence-electron chi connectivity index (χ1n) is 6.77. The Bertz CT molecular complexity index is 595. The molecule has 1 saturated heterocycles. The summed E-state index contributed by atoms with van der Waals surface area (Å²) in [6.07, 6.45) is -0.233. The summed E-state index contributed by atoms with van der Waals surface area (Å²) >= 11 is 5.86. The van der Waals surface area contributed by atoms with Gasteiger partial charge >= 0.3 is 0 Å². The number of ether oxygens (including phenoxy) is 2. The van der Waals surface area contributed by atoms with Crippen molar-refractivity contribution in [2.75, 3.05) is 20.2 Å². The number of halogens is 1. The molecule has 5 nitrogen and oxygen atoms in total. The molecule has 0 amide bonds. The van der Waals surface area contributed by atoms with Gasteiger partial charge in [0.05, 0.1) is 30.1 Å². The molecule has 0 bridgehead atoms. The molecule has 0 aliphatic carbocycles. The van der Waals surface area contributed by atoms with Crippen molar-refractivity contribution in [2.45, 2.75) is 36.8 Å². The fraction of sp³-hybridized carbons (Fsp3) is 0.571. The molecule has 0 unspecified atom stereocenters. The Morgan fingerprint density at radius 3 is 2.48 bits per heavy atom. The van der Waals surface area contributed by atoms with Gasteiger partial charge in [0.25, 0.3) is 0 Å². The number of benzene rings is 1. The van der Waals surface area contributed by atoms with Crippen LogP contribution in [0.25, 0.3) is 0 Å². The van der Waals surface area contributed by atoms with Crippen molar-refractivity contribution in [1.29, 1.82) is 0 Å². The molecule has 1 aliphatic heterocycles. The first kappa shape index (κ1) is 16.5. The molecule has 2 rings (SSSR count). The van der Waals surface area contributed by atoms with Crippen LogP contribution in [0.15, 0.2) is 23.1 Å². The minimum atomic E-state index is -3.55. The second-order valence-electron chi connectivity index (χ2n) is 5.19. The number of hydrogen-bond donors (Lipinski definition) is 0. The van der Waals surface area contributed by atoms with Gasteiger partial charge in [0.15, 0.2) is 0 Å². The number of nitrogens with zero attached hydrogens (tertiary/aromatic N) is 1. The summed E-state index contributed by atoms with van der Waals surface area (Å²) in [5, 5.41) is 0. The van der Waals surface area contributed by atoms with E-state index < -0.39 is 10.0 Å². The highest BCUT2D eigenvalue weighted by molar-refractivity contribution is 7.89. The van der Waals surface area contributed by atoms with Crippen LogP contribution in [0.3, 0.4) is 0 Å². The zero-order chi connectivity index (χ0) is 15.6. The molecule has 1 aromatic carbocycles. The first-order chi connectivity index (χ1) is 9.88. The van der Waals surface area contributed by atoms with Crippen LogP contribution in [0.1, 0.15) is 19.4 Å². The highest BCUT2D eigenvalue weighted by Crippen LogP contribution is 2.27. The minimum Gasteiger partial charge on any atom is -0.496 e. The average Bonchev–Trinajstić information content (AvgIpc) is 2.45. The topological polar surface area (TPSA) is 55.8 Å². The van der Waals surface area contributed by atoms with E-state index in [9.17, 15) is 8.42 Å². The summed E-state index contributed by atoms with van der Waals surface area (Å²) < 4.78 is 37.7. The maximum Gasteiger partial charge on any atom is 0.243 e. The summed E-state index contributed by atoms with van der Waals surface area (Å²) in [5.74, 6) is 0.787. The van der Waals surface area contributed by atoms with E-state index in [-0.39, 0.29) is 23.0 Å². The predicted octanol–water partition coefficient (Wildman–Crippen LogP) is 2.23. The fourth-order valence-electron chi connectivity index (χ4n) is 2.50. The van der Waals surface area contributed by atoms with Gasteiger partial charge in [0.1, 0.15) is 5.75 Å². The van der Waals surface area contributed by atoms with Crippen LogP contribution in [0.2, 0.25) is 0 Å². The molecule has 2 atom stereocenters. The molecule has 0 saturated carbocycles. The van der Waals surface area contributed by atoms with Crippen molar-refractivity contribution < 1.29 is 17.9 Å². The van der Waals surface area contributed by atoms with E-state index in [2.05, 4.69) is 0 Å². The van der Waals surface area contributed by atoms with E-state index in [0.717, 1.165) is 0 Å². The third-order valence-electron chi connectivity index (χ3n) is 3.42. The molecule has 1 heterocycles. The van der Waals surface area contributed by atoms with Crippen molar-refractivity contribution in [3.05, 3.63) is 23.8 Å². The van der Waals surface area contributed by atoms with Crippen molar-refractivity contribution >= 4 is 21.6 Å². The fourth-order valence-corrected chi connectivity index (χ4v) is 4.35. The Labute approximate surface area is 130 Å². The minimum absolute atomic E-state index is 0.116. The summed E-state index contributed by atoms with van der Waals surface area (Å²) in [6.45, 7) is 4.45. The molecule has 7 heteroatoms. The monoisotopic (exact) mass is 333 g/mol. The number of rotatable bonds is 4. The van der Waals surface area contributed by atoms with Crippen LogP contribution >= 0.6 is 11.6 Å². The van der Waals surface area contributed by atoms with E-state index in [1.165, 1.54) is 11.4 Å². The molecule has 0 spiro atoms. The van der Waals surface area contributed by atoms with Crippen LogP contribution in [0.5, 0.6) is 5.75 Å². The third kappa shape index (κ3) is 3.51. The molecule has 21 heavy (non-hydrogen) atoms. The number of alkyl halides is 1. The van der Waals surface area contributed by atoms with Crippen LogP contribution in [-0.4, -0.2) is 45.1 Å². The number of methoxy groups -OCH3 is 1. The maximum absolute atomic E-state index is 12.7. The van der Waals surface area contributed by atoms with E-state index in [1.807, 2.05) is 13.8 Å². The summed E-state index contributed by atoms with van der Waals surface area (Å²) in [7, 11) is -2.01. The lowest BCUT2D eigenvalue weighted by Crippen LogP contribution is -2.48. The van der Waals surface area contributed by atoms with Gasteiger partial charge in [-0.25, -0.2) is 8.42 Å². The Morgan fingerprint density at radius 2 is 1.95 bits per heavy atom. The van der Waals surface area contributed by atoms with Crippen LogP contribution < -0.4 is 4.74 Å². The Hall–Kier alpha value is -0.820. The predicted molar refractivity (Wildman–Crippen MR) is 81.3 cm³/mol. The summed E-state index contributed by atoms with van der Waals surface area (Å²) in [6, 6.07) is 4.76. The molecule has 118 valence electrons. The Morgan fingerprint density at radius 1 is 1.33 bits per heavy atom. The smallest absolute Gasteiger partial charge is 0.243 e. The van der Waals surface area contributed by atoms with Gasteiger partial charge in [0, 0.05) is 18.7 Å². The van der Waals surface area contributed by atoms with Crippen molar-refractivity contribution in [3.8, 4) is 5.75 Å². The highest BCUT2D eigenvalue weighted by Gasteiger charge is 2.32. The van der Waals surface area contributed by atoms with Gasteiger partial charge in [-0.2, -0.15) is 4.31 Å². The van der Waals surface area contributed by atoms with Gasteiger partial charge < -0.3 is 9.47 Å². The van der Waals surface area contributed by atoms with Crippen LogP contribution in [0.4, 0.5) is 0 Å². The first-order valence-corrected chi connectivity index (χ1v) is 8.74. The van der Waals surface area contributed by atoms with Crippen molar-refractivity contribution in [1.82, 2.24) is 4.31 Å². The summed E-state index contributed by atoms with van der Waals surface area (Å²) in [5.41, 5.74) is 0.662. The Kier molecular flexibility index (Phi) is 5.14. The van der Waals surface area contributed by atoms with E-state index in [0.29, 0.717) is 24.4 Å². The normalized spacial score (nSPS) is 24.0. The van der Waals surface area contributed by atoms with Gasteiger partial charge in [-0.15, -0.1) is 11.6 Å². The van der Waals surface area contributed by atoms with Gasteiger partial charge in [-0.3, -0.25) is 0 Å². The lowest BCUT2D eigenvalue weighted by Gasteiger charge is -2.34. The van der Waals surface area contributed by atoms with E-state index >= 15 is 0 Å². The average molecular weight is 334 g/mol. The molecule has 1 aromatic rings. The van der Waals surface area contributed by atoms with Crippen LogP contribution in [0, 0.1) is 0 Å². The molecular formula is C14H20ClNO4S. The molecule has 0 radical (unpaired) electrons. The van der Waals surface area contributed by atoms with Gasteiger partial charge in [-0.1, -0.05) is 0 Å². The van der Waals surface area contributed by atoms with Crippen LogP contribution in [-0.2, 0) is 20.6 Å². The maximum atomic E-state index is 12.7. The SMILES string of the molecule is COc1ccc(S(=O)(=O)N2C[C@@H](C)O[C@@H](C)C2)cc1CCl. The van der Waals surface area contributed by atoms with Crippen molar-refractivity contribution in [2.24, 2.45) is 0 Å². The van der Waals surface area contributed by atoms with E-state index in [4.69, 9.17) is 21.1 Å². The number of sulfonamides is 1. The van der Waals surface area contributed by atoms with E-state index in [1.54, 1.807) is 18.2 Å². The van der Waals surface area contributed by atoms with Gasteiger partial charge in [-0.05, 0) is 32.0 Å².